The van der Waals surface area contributed by atoms with Crippen molar-refractivity contribution in [2.75, 3.05) is 45.7 Å². The van der Waals surface area contributed by atoms with E-state index in [1.807, 2.05) is 61.5 Å². The molecular formula is C37H38FN7O2. The average Bonchev–Trinajstić information content (AvgIpc) is 3.69. The summed E-state index contributed by atoms with van der Waals surface area (Å²) in [6.07, 6.45) is 6.05. The zero-order valence-electron chi connectivity index (χ0n) is 26.6. The molecule has 0 radical (unpaired) electrons. The summed E-state index contributed by atoms with van der Waals surface area (Å²) in [5, 5.41) is 16.1. The zero-order valence-corrected chi connectivity index (χ0v) is 26.6. The number of aromatic nitrogens is 4. The lowest BCUT2D eigenvalue weighted by Crippen LogP contribution is -2.30. The van der Waals surface area contributed by atoms with Gasteiger partial charge in [0.25, 0.3) is 0 Å². The first-order valence-electron chi connectivity index (χ1n) is 16.0. The van der Waals surface area contributed by atoms with Gasteiger partial charge in [0.2, 0.25) is 5.91 Å². The summed E-state index contributed by atoms with van der Waals surface area (Å²) in [7, 11) is 3.95. The molecule has 0 saturated carbocycles. The monoisotopic (exact) mass is 631 g/mol. The summed E-state index contributed by atoms with van der Waals surface area (Å²) in [6.45, 7) is 3.14. The van der Waals surface area contributed by atoms with Crippen molar-refractivity contribution < 1.29 is 13.9 Å². The van der Waals surface area contributed by atoms with Gasteiger partial charge in [-0.3, -0.25) is 14.9 Å². The number of benzene rings is 3. The van der Waals surface area contributed by atoms with E-state index in [-0.39, 0.29) is 11.7 Å². The number of pyridine rings is 1. The van der Waals surface area contributed by atoms with E-state index in [4.69, 9.17) is 4.74 Å². The van der Waals surface area contributed by atoms with Crippen LogP contribution < -0.4 is 15.4 Å². The Morgan fingerprint density at radius 3 is 2.68 bits per heavy atom. The second-order valence-corrected chi connectivity index (χ2v) is 12.5. The van der Waals surface area contributed by atoms with Crippen LogP contribution in [0.5, 0.6) is 5.75 Å². The van der Waals surface area contributed by atoms with Crippen LogP contribution in [0, 0.1) is 11.7 Å². The highest BCUT2D eigenvalue weighted by molar-refractivity contribution is 6.02. The minimum atomic E-state index is -0.346. The molecule has 3 aromatic carbocycles. The predicted molar refractivity (Wildman–Crippen MR) is 185 cm³/mol. The Kier molecular flexibility index (Phi) is 8.69. The molecule has 10 heteroatoms. The van der Waals surface area contributed by atoms with Crippen molar-refractivity contribution in [3.05, 3.63) is 84.9 Å². The maximum atomic E-state index is 14.7. The molecule has 1 aliphatic heterocycles. The number of hydrogen-bond donors (Lipinski definition) is 4. The van der Waals surface area contributed by atoms with Crippen LogP contribution >= 0.6 is 0 Å². The van der Waals surface area contributed by atoms with Crippen LogP contribution in [0.15, 0.2) is 79.1 Å². The third-order valence-electron chi connectivity index (χ3n) is 8.76. The van der Waals surface area contributed by atoms with Gasteiger partial charge in [-0.05, 0) is 105 Å². The van der Waals surface area contributed by atoms with Gasteiger partial charge in [-0.15, -0.1) is 0 Å². The van der Waals surface area contributed by atoms with Crippen LogP contribution in [0.1, 0.15) is 19.3 Å². The highest BCUT2D eigenvalue weighted by Gasteiger charge is 2.18. The highest BCUT2D eigenvalue weighted by Crippen LogP contribution is 2.36. The molecule has 1 aliphatic rings. The number of nitrogens with zero attached hydrogens (tertiary/aromatic N) is 3. The minimum absolute atomic E-state index is 0.0212. The van der Waals surface area contributed by atoms with Gasteiger partial charge in [0.1, 0.15) is 23.9 Å². The minimum Gasteiger partial charge on any atom is -0.492 e. The van der Waals surface area contributed by atoms with Crippen molar-refractivity contribution >= 4 is 33.4 Å². The van der Waals surface area contributed by atoms with E-state index in [9.17, 15) is 9.18 Å². The number of nitrogens with one attached hydrogen (secondary N) is 4. The fourth-order valence-corrected chi connectivity index (χ4v) is 6.31. The first-order chi connectivity index (χ1) is 22.9. The summed E-state index contributed by atoms with van der Waals surface area (Å²) in [4.78, 5) is 22.7. The third-order valence-corrected chi connectivity index (χ3v) is 8.76. The number of amides is 1. The Hall–Kier alpha value is -5.06. The second-order valence-electron chi connectivity index (χ2n) is 12.5. The first kappa shape index (κ1) is 30.6. The molecule has 7 rings (SSSR count). The second kappa shape index (κ2) is 13.4. The van der Waals surface area contributed by atoms with Crippen LogP contribution in [0.25, 0.3) is 55.4 Å². The summed E-state index contributed by atoms with van der Waals surface area (Å²) < 4.78 is 20.6. The molecule has 240 valence electrons. The lowest BCUT2D eigenvalue weighted by molar-refractivity contribution is -0.117. The largest absolute Gasteiger partial charge is 0.492 e. The number of aromatic amines is 2. The van der Waals surface area contributed by atoms with E-state index in [2.05, 4.69) is 42.9 Å². The van der Waals surface area contributed by atoms with Crippen LogP contribution in [0.3, 0.4) is 0 Å². The number of piperidine rings is 1. The molecule has 9 nitrogen and oxygen atoms in total. The number of rotatable bonds is 10. The van der Waals surface area contributed by atoms with Gasteiger partial charge in [-0.2, -0.15) is 5.10 Å². The van der Waals surface area contributed by atoms with Crippen LogP contribution in [-0.4, -0.2) is 71.3 Å². The molecule has 4 heterocycles. The summed E-state index contributed by atoms with van der Waals surface area (Å²) in [5.74, 6) is 0.586. The van der Waals surface area contributed by atoms with Crippen LogP contribution in [0.2, 0.25) is 0 Å². The molecule has 0 bridgehead atoms. The number of carbonyl (C=O) groups is 1. The lowest BCUT2D eigenvalue weighted by Gasteiger charge is -2.21. The van der Waals surface area contributed by atoms with Crippen molar-refractivity contribution in [3.8, 4) is 39.4 Å². The number of halogens is 1. The molecule has 1 fully saturated rings. The third kappa shape index (κ3) is 6.89. The van der Waals surface area contributed by atoms with Gasteiger partial charge < -0.3 is 25.3 Å². The number of hydrogen-bond acceptors (Lipinski definition) is 6. The fraction of sp³-hybridized carbons (Fsp3) is 0.270. The predicted octanol–water partition coefficient (Wildman–Crippen LogP) is 6.85. The molecule has 0 aliphatic carbocycles. The molecule has 1 saturated heterocycles. The number of ether oxygens (including phenoxy) is 1. The fourth-order valence-electron chi connectivity index (χ4n) is 6.31. The van der Waals surface area contributed by atoms with E-state index < -0.39 is 0 Å². The molecule has 0 unspecified atom stereocenters. The highest BCUT2D eigenvalue weighted by atomic mass is 19.1. The van der Waals surface area contributed by atoms with Crippen LogP contribution in [-0.2, 0) is 4.79 Å². The van der Waals surface area contributed by atoms with E-state index in [0.29, 0.717) is 30.4 Å². The Labute approximate surface area is 272 Å². The molecule has 6 aromatic rings. The Bertz CT molecular complexity index is 2040. The number of H-pyrrole nitrogens is 2. The van der Waals surface area contributed by atoms with E-state index in [1.54, 1.807) is 12.4 Å². The maximum absolute atomic E-state index is 14.7. The molecule has 47 heavy (non-hydrogen) atoms. The smallest absolute Gasteiger partial charge is 0.224 e. The van der Waals surface area contributed by atoms with Crippen molar-refractivity contribution in [1.82, 2.24) is 30.4 Å². The Morgan fingerprint density at radius 1 is 0.957 bits per heavy atom. The van der Waals surface area contributed by atoms with E-state index in [1.165, 1.54) is 12.1 Å². The maximum Gasteiger partial charge on any atom is 0.224 e. The van der Waals surface area contributed by atoms with Crippen molar-refractivity contribution in [1.29, 1.82) is 0 Å². The van der Waals surface area contributed by atoms with Gasteiger partial charge in [0.05, 0.1) is 23.1 Å². The number of likely N-dealkylation sites (N-methyl/N-ethyl adjacent to an activating group) is 1. The quantitative estimate of drug-likeness (QED) is 0.132. The summed E-state index contributed by atoms with van der Waals surface area (Å²) in [6, 6.07) is 20.9. The van der Waals surface area contributed by atoms with E-state index in [0.717, 1.165) is 87.9 Å². The van der Waals surface area contributed by atoms with Crippen molar-refractivity contribution in [3.63, 3.8) is 0 Å². The van der Waals surface area contributed by atoms with Gasteiger partial charge in [0.15, 0.2) is 0 Å². The standard InChI is InChI=1S/C37H38FN7O2/c1-45(2)12-13-47-29-17-25(15-27(38)19-29)30-4-3-5-33-31(30)20-35(42-33)37-32-18-24(6-7-34(32)43-44-37)26-16-28(22-40-21-26)41-36(46)14-23-8-10-39-11-9-23/h3-7,15-23,39,42H,8-14H2,1-2H3,(H,41,46)(H,43,44). The topological polar surface area (TPSA) is 111 Å². The Morgan fingerprint density at radius 2 is 1.83 bits per heavy atom. The van der Waals surface area contributed by atoms with Gasteiger partial charge in [0, 0.05) is 47.1 Å². The van der Waals surface area contributed by atoms with E-state index >= 15 is 0 Å². The van der Waals surface area contributed by atoms with Crippen LogP contribution in [0.4, 0.5) is 10.1 Å². The summed E-state index contributed by atoms with van der Waals surface area (Å²) in [5.41, 5.74) is 7.60. The number of fused-ring (bicyclic) bond motifs is 2. The van der Waals surface area contributed by atoms with Gasteiger partial charge in [-0.25, -0.2) is 4.39 Å². The molecule has 3 aromatic heterocycles. The molecule has 4 N–H and O–H groups in total. The molecule has 0 spiro atoms. The average molecular weight is 632 g/mol. The first-order valence-corrected chi connectivity index (χ1v) is 16.0. The Balaban J connectivity index is 1.16. The van der Waals surface area contributed by atoms with Gasteiger partial charge in [-0.1, -0.05) is 18.2 Å². The number of anilines is 1. The van der Waals surface area contributed by atoms with Gasteiger partial charge >= 0.3 is 0 Å². The molecule has 1 amide bonds. The molecule has 0 atom stereocenters. The van der Waals surface area contributed by atoms with Crippen molar-refractivity contribution in [2.24, 2.45) is 5.92 Å². The normalized spacial score (nSPS) is 13.9. The number of carbonyl (C=O) groups excluding carboxylic acids is 1. The lowest BCUT2D eigenvalue weighted by atomic mass is 9.94. The SMILES string of the molecule is CN(C)CCOc1cc(F)cc(-c2cccc3[nH]c(-c4n[nH]c5ccc(-c6cncc(NC(=O)CC7CCNCC7)c6)cc45)cc23)c1. The molecular weight excluding hydrogens is 593 g/mol. The zero-order chi connectivity index (χ0) is 32.3. The summed E-state index contributed by atoms with van der Waals surface area (Å²) >= 11 is 0. The van der Waals surface area contributed by atoms with Crippen molar-refractivity contribution in [2.45, 2.75) is 19.3 Å².